The van der Waals surface area contributed by atoms with E-state index in [0.29, 0.717) is 47.3 Å². The van der Waals surface area contributed by atoms with Crippen LogP contribution in [0.5, 0.6) is 5.75 Å². The van der Waals surface area contributed by atoms with E-state index in [9.17, 15) is 19.5 Å². The summed E-state index contributed by atoms with van der Waals surface area (Å²) in [5, 5.41) is 12.0. The standard InChI is InChI=1S/C33H38N4O6/c1-3-22-23-16-21(43-32(40)36-14-10-20(11-15-36)35-12-6-5-7-13-35)8-9-27(23)34-29-24(22)18-37-28(29)17-26-25(30(37)38)19-42-31(39)33(26,41)4-2/h8-9,16-17,20,41H,3-7,10-15,18-19H2,1-2H3/p+1/t33-/m0/s1. The fourth-order valence-electron chi connectivity index (χ4n) is 7.66. The van der Waals surface area contributed by atoms with Gasteiger partial charge in [-0.1, -0.05) is 13.8 Å². The number of aryl methyl sites for hydroxylation is 1. The number of aliphatic hydroxyl groups is 1. The zero-order chi connectivity index (χ0) is 29.9. The molecule has 0 saturated carbocycles. The van der Waals surface area contributed by atoms with E-state index in [0.717, 1.165) is 48.0 Å². The van der Waals surface area contributed by atoms with Crippen molar-refractivity contribution in [2.75, 3.05) is 26.2 Å². The van der Waals surface area contributed by atoms with Gasteiger partial charge in [0.15, 0.2) is 5.60 Å². The zero-order valence-electron chi connectivity index (χ0n) is 24.9. The van der Waals surface area contributed by atoms with Crippen LogP contribution in [0.1, 0.15) is 74.6 Å². The van der Waals surface area contributed by atoms with Crippen molar-refractivity contribution in [1.82, 2.24) is 14.5 Å². The smallest absolute Gasteiger partial charge is 0.415 e. The summed E-state index contributed by atoms with van der Waals surface area (Å²) in [5.74, 6) is -0.259. The zero-order valence-corrected chi connectivity index (χ0v) is 24.9. The van der Waals surface area contributed by atoms with Crippen LogP contribution in [0.3, 0.4) is 0 Å². The van der Waals surface area contributed by atoms with E-state index in [4.69, 9.17) is 14.5 Å². The van der Waals surface area contributed by atoms with Gasteiger partial charge in [-0.2, -0.15) is 0 Å². The molecule has 0 unspecified atom stereocenters. The molecule has 10 nitrogen and oxygen atoms in total. The van der Waals surface area contributed by atoms with Gasteiger partial charge in [-0.3, -0.25) is 4.79 Å². The predicted octanol–water partition coefficient (Wildman–Crippen LogP) is 2.67. The van der Waals surface area contributed by atoms with Gasteiger partial charge in [0.2, 0.25) is 0 Å². The number of carbonyl (C=O) groups excluding carboxylic acids is 2. The van der Waals surface area contributed by atoms with E-state index < -0.39 is 11.6 Å². The molecule has 2 fully saturated rings. The number of likely N-dealkylation sites (tertiary alicyclic amines) is 2. The summed E-state index contributed by atoms with van der Waals surface area (Å²) >= 11 is 0. The summed E-state index contributed by atoms with van der Waals surface area (Å²) in [6.45, 7) is 7.86. The molecule has 7 rings (SSSR count). The Morgan fingerprint density at radius 1 is 1.12 bits per heavy atom. The number of amides is 1. The molecule has 3 aromatic rings. The molecule has 2 saturated heterocycles. The van der Waals surface area contributed by atoms with Crippen LogP contribution in [0, 0.1) is 0 Å². The van der Waals surface area contributed by atoms with Gasteiger partial charge < -0.3 is 28.9 Å². The molecule has 0 aliphatic carbocycles. The summed E-state index contributed by atoms with van der Waals surface area (Å²) < 4.78 is 12.7. The maximum Gasteiger partial charge on any atom is 0.415 e. The van der Waals surface area contributed by atoms with Gasteiger partial charge in [-0.05, 0) is 61.9 Å². The molecule has 6 heterocycles. The van der Waals surface area contributed by atoms with Crippen molar-refractivity contribution in [2.24, 2.45) is 0 Å². The van der Waals surface area contributed by atoms with E-state index in [2.05, 4.69) is 6.92 Å². The van der Waals surface area contributed by atoms with Gasteiger partial charge in [0.1, 0.15) is 12.4 Å². The van der Waals surface area contributed by atoms with Crippen molar-refractivity contribution < 1.29 is 29.1 Å². The number of quaternary nitrogens is 1. The second-order valence-electron chi connectivity index (χ2n) is 12.4. The average molecular weight is 588 g/mol. The number of carbonyl (C=O) groups is 2. The van der Waals surface area contributed by atoms with Crippen LogP contribution in [-0.4, -0.2) is 63.8 Å². The fourth-order valence-corrected chi connectivity index (χ4v) is 7.66. The molecule has 4 aliphatic rings. The van der Waals surface area contributed by atoms with Gasteiger partial charge in [0.25, 0.3) is 5.56 Å². The SMILES string of the molecule is CCc1c2c(nc3ccc(OC(=O)N4CCC([NH+]5CCCCC5)CC4)cc13)-c1cc3c(c(=O)n1C2)COC(=O)[C@]3(O)CC. The van der Waals surface area contributed by atoms with E-state index in [1.165, 1.54) is 32.4 Å². The maximum atomic E-state index is 13.6. The normalized spacial score (nSPS) is 22.2. The molecule has 43 heavy (non-hydrogen) atoms. The number of pyridine rings is 2. The summed E-state index contributed by atoms with van der Waals surface area (Å²) in [7, 11) is 0. The average Bonchev–Trinajstić information content (AvgIpc) is 3.41. The van der Waals surface area contributed by atoms with E-state index in [1.807, 2.05) is 17.0 Å². The molecule has 0 bridgehead atoms. The highest BCUT2D eigenvalue weighted by molar-refractivity contribution is 5.90. The van der Waals surface area contributed by atoms with Gasteiger partial charge in [0, 0.05) is 42.4 Å². The number of nitrogens with one attached hydrogen (secondary N) is 1. The Hall–Kier alpha value is -3.76. The lowest BCUT2D eigenvalue weighted by Gasteiger charge is -2.37. The van der Waals surface area contributed by atoms with E-state index in [-0.39, 0.29) is 24.7 Å². The molecular weight excluding hydrogens is 548 g/mol. The molecule has 0 radical (unpaired) electrons. The third-order valence-electron chi connectivity index (χ3n) is 10.2. The first-order chi connectivity index (χ1) is 20.8. The number of piperidine rings is 2. The Morgan fingerprint density at radius 2 is 1.88 bits per heavy atom. The molecule has 4 aliphatic heterocycles. The summed E-state index contributed by atoms with van der Waals surface area (Å²) in [6.07, 6.45) is 6.44. The second-order valence-corrected chi connectivity index (χ2v) is 12.4. The minimum atomic E-state index is -1.86. The number of aromatic nitrogens is 2. The number of hydrogen-bond acceptors (Lipinski definition) is 7. The summed E-state index contributed by atoms with van der Waals surface area (Å²) in [6, 6.07) is 7.86. The molecule has 226 valence electrons. The molecule has 2 aromatic heterocycles. The number of benzene rings is 1. The number of esters is 1. The van der Waals surface area contributed by atoms with Gasteiger partial charge in [0.05, 0.1) is 48.1 Å². The first-order valence-electron chi connectivity index (χ1n) is 15.8. The minimum Gasteiger partial charge on any atom is -0.458 e. The quantitative estimate of drug-likeness (QED) is 0.353. The maximum absolute atomic E-state index is 13.6. The van der Waals surface area contributed by atoms with Crippen molar-refractivity contribution >= 4 is 23.0 Å². The number of ether oxygens (including phenoxy) is 2. The summed E-state index contributed by atoms with van der Waals surface area (Å²) in [4.78, 5) is 47.7. The van der Waals surface area contributed by atoms with E-state index in [1.54, 1.807) is 28.5 Å². The van der Waals surface area contributed by atoms with Crippen LogP contribution in [0.2, 0.25) is 0 Å². The Labute approximate surface area is 250 Å². The van der Waals surface area contributed by atoms with Gasteiger partial charge in [-0.15, -0.1) is 0 Å². The molecule has 2 N–H and O–H groups in total. The van der Waals surface area contributed by atoms with Crippen molar-refractivity contribution in [3.05, 3.63) is 56.9 Å². The van der Waals surface area contributed by atoms with Crippen LogP contribution >= 0.6 is 0 Å². The molecule has 1 amide bonds. The Morgan fingerprint density at radius 3 is 2.60 bits per heavy atom. The number of cyclic esters (lactones) is 1. The van der Waals surface area contributed by atoms with Crippen molar-refractivity contribution in [3.63, 3.8) is 0 Å². The third kappa shape index (κ3) is 4.53. The Bertz CT molecular complexity index is 1690. The monoisotopic (exact) mass is 587 g/mol. The van der Waals surface area contributed by atoms with Crippen molar-refractivity contribution in [3.8, 4) is 17.1 Å². The number of rotatable bonds is 4. The lowest BCUT2D eigenvalue weighted by Crippen LogP contribution is -3.16. The number of fused-ring (bicyclic) bond motifs is 5. The lowest BCUT2D eigenvalue weighted by molar-refractivity contribution is -0.931. The predicted molar refractivity (Wildman–Crippen MR) is 159 cm³/mol. The van der Waals surface area contributed by atoms with Crippen LogP contribution in [0.4, 0.5) is 4.79 Å². The van der Waals surface area contributed by atoms with Crippen LogP contribution in [-0.2, 0) is 34.7 Å². The topological polar surface area (TPSA) is 115 Å². The Balaban J connectivity index is 1.16. The van der Waals surface area contributed by atoms with Crippen molar-refractivity contribution in [2.45, 2.75) is 83.6 Å². The van der Waals surface area contributed by atoms with Crippen LogP contribution < -0.4 is 15.2 Å². The molecule has 1 atom stereocenters. The highest BCUT2D eigenvalue weighted by Crippen LogP contribution is 2.40. The Kier molecular flexibility index (Phi) is 7.01. The van der Waals surface area contributed by atoms with Crippen molar-refractivity contribution in [1.29, 1.82) is 0 Å². The van der Waals surface area contributed by atoms with Gasteiger partial charge in [-0.25, -0.2) is 14.6 Å². The van der Waals surface area contributed by atoms with Gasteiger partial charge >= 0.3 is 12.1 Å². The highest BCUT2D eigenvalue weighted by atomic mass is 16.6. The third-order valence-corrected chi connectivity index (χ3v) is 10.2. The number of hydrogen-bond donors (Lipinski definition) is 2. The molecular formula is C33H39N4O6+. The summed E-state index contributed by atoms with van der Waals surface area (Å²) in [5.41, 5.74) is 2.40. The largest absolute Gasteiger partial charge is 0.458 e. The highest BCUT2D eigenvalue weighted by Gasteiger charge is 2.45. The minimum absolute atomic E-state index is 0.0962. The molecule has 1 aromatic carbocycles. The molecule has 10 heteroatoms. The number of nitrogens with zero attached hydrogens (tertiary/aromatic N) is 3. The lowest BCUT2D eigenvalue weighted by atomic mass is 9.86. The van der Waals surface area contributed by atoms with E-state index >= 15 is 0 Å². The first kappa shape index (κ1) is 28.0. The van der Waals surface area contributed by atoms with Crippen LogP contribution in [0.25, 0.3) is 22.3 Å². The first-order valence-corrected chi connectivity index (χ1v) is 15.8. The van der Waals surface area contributed by atoms with Crippen LogP contribution in [0.15, 0.2) is 29.1 Å². The fraction of sp³-hybridized carbons (Fsp3) is 0.515. The second kappa shape index (κ2) is 10.7. The molecule has 0 spiro atoms.